The fraction of sp³-hybridized carbons (Fsp3) is 0.435. The fourth-order valence-electron chi connectivity index (χ4n) is 3.68. The third-order valence-corrected chi connectivity index (χ3v) is 5.94. The van der Waals surface area contributed by atoms with Gasteiger partial charge in [-0.3, -0.25) is 4.79 Å². The van der Waals surface area contributed by atoms with Gasteiger partial charge in [-0.1, -0.05) is 44.2 Å². The van der Waals surface area contributed by atoms with Crippen LogP contribution in [-0.4, -0.2) is 24.2 Å². The molecule has 0 bridgehead atoms. The van der Waals surface area contributed by atoms with Crippen molar-refractivity contribution in [2.45, 2.75) is 51.8 Å². The van der Waals surface area contributed by atoms with Crippen molar-refractivity contribution in [3.05, 3.63) is 60.2 Å². The Kier molecular flexibility index (Phi) is 7.33. The molecule has 1 fully saturated rings. The Hall–Kier alpha value is -2.08. The van der Waals surface area contributed by atoms with E-state index >= 15 is 0 Å². The normalized spacial score (nSPS) is 23.3. The number of halogens is 1. The maximum atomic E-state index is 12.9. The van der Waals surface area contributed by atoms with Crippen molar-refractivity contribution in [3.8, 4) is 11.5 Å². The van der Waals surface area contributed by atoms with Gasteiger partial charge in [0.2, 0.25) is 5.91 Å². The highest BCUT2D eigenvalue weighted by Gasteiger charge is 2.62. The molecule has 1 aliphatic rings. The first-order chi connectivity index (χ1) is 13.3. The molecule has 2 aromatic carbocycles. The molecule has 1 aliphatic carbocycles. The standard InChI is InChI=1S/C23H30N2O3.ClH/c1-5-27-20-15-23(24,22(20,3)4)21(26)25-16(2)17-11-13-19(14-12-17)28-18-9-7-6-8-10-18;/h6-14,16,20H,5,15,24H2,1-4H3,(H,25,26);1H. The van der Waals surface area contributed by atoms with E-state index in [-0.39, 0.29) is 30.5 Å². The number of amides is 1. The van der Waals surface area contributed by atoms with Crippen molar-refractivity contribution in [3.63, 3.8) is 0 Å². The van der Waals surface area contributed by atoms with Crippen LogP contribution < -0.4 is 15.8 Å². The third kappa shape index (κ3) is 4.58. The van der Waals surface area contributed by atoms with Gasteiger partial charge in [0, 0.05) is 18.4 Å². The highest BCUT2D eigenvalue weighted by Crippen LogP contribution is 2.50. The van der Waals surface area contributed by atoms with E-state index in [1.807, 2.05) is 82.3 Å². The van der Waals surface area contributed by atoms with Crippen LogP contribution in [0, 0.1) is 5.41 Å². The average Bonchev–Trinajstić information content (AvgIpc) is 2.69. The highest BCUT2D eigenvalue weighted by atomic mass is 35.5. The molecular formula is C23H31ClN2O3. The molecule has 2 aromatic rings. The Bertz CT molecular complexity index is 811. The smallest absolute Gasteiger partial charge is 0.241 e. The molecule has 1 saturated carbocycles. The monoisotopic (exact) mass is 418 g/mol. The maximum Gasteiger partial charge on any atom is 0.241 e. The zero-order valence-corrected chi connectivity index (χ0v) is 18.3. The molecule has 5 nitrogen and oxygen atoms in total. The second-order valence-electron chi connectivity index (χ2n) is 8.02. The van der Waals surface area contributed by atoms with E-state index in [0.29, 0.717) is 13.0 Å². The van der Waals surface area contributed by atoms with Crippen LogP contribution in [0.15, 0.2) is 54.6 Å². The van der Waals surface area contributed by atoms with Crippen LogP contribution in [0.5, 0.6) is 11.5 Å². The number of hydrogen-bond acceptors (Lipinski definition) is 4. The number of benzene rings is 2. The molecule has 158 valence electrons. The molecule has 1 amide bonds. The van der Waals surface area contributed by atoms with Gasteiger partial charge < -0.3 is 20.5 Å². The van der Waals surface area contributed by atoms with Crippen LogP contribution in [0.1, 0.15) is 45.7 Å². The van der Waals surface area contributed by atoms with Crippen LogP contribution in [-0.2, 0) is 9.53 Å². The second kappa shape index (κ2) is 9.16. The summed E-state index contributed by atoms with van der Waals surface area (Å²) in [5, 5.41) is 3.07. The zero-order chi connectivity index (χ0) is 20.4. The van der Waals surface area contributed by atoms with E-state index in [1.54, 1.807) is 0 Å². The Labute approximate surface area is 179 Å². The summed E-state index contributed by atoms with van der Waals surface area (Å²) in [6.45, 7) is 8.53. The van der Waals surface area contributed by atoms with Crippen molar-refractivity contribution >= 4 is 18.3 Å². The lowest BCUT2D eigenvalue weighted by Crippen LogP contribution is -2.75. The van der Waals surface area contributed by atoms with E-state index in [2.05, 4.69) is 5.32 Å². The second-order valence-corrected chi connectivity index (χ2v) is 8.02. The molecule has 0 spiro atoms. The molecular weight excluding hydrogens is 388 g/mol. The molecule has 29 heavy (non-hydrogen) atoms. The first-order valence-corrected chi connectivity index (χ1v) is 9.82. The predicted molar refractivity (Wildman–Crippen MR) is 117 cm³/mol. The minimum Gasteiger partial charge on any atom is -0.457 e. The van der Waals surface area contributed by atoms with Gasteiger partial charge in [-0.05, 0) is 43.7 Å². The minimum atomic E-state index is -0.919. The SMILES string of the molecule is CCOC1CC(N)(C(=O)NC(C)c2ccc(Oc3ccccc3)cc2)C1(C)C.Cl. The zero-order valence-electron chi connectivity index (χ0n) is 17.5. The van der Waals surface area contributed by atoms with E-state index in [9.17, 15) is 4.79 Å². The summed E-state index contributed by atoms with van der Waals surface area (Å²) in [6, 6.07) is 17.2. The molecule has 6 heteroatoms. The van der Waals surface area contributed by atoms with E-state index < -0.39 is 11.0 Å². The van der Waals surface area contributed by atoms with E-state index in [4.69, 9.17) is 15.2 Å². The van der Waals surface area contributed by atoms with Gasteiger partial charge in [-0.2, -0.15) is 0 Å². The lowest BCUT2D eigenvalue weighted by atomic mass is 9.54. The Morgan fingerprint density at radius 2 is 1.72 bits per heavy atom. The number of rotatable bonds is 7. The van der Waals surface area contributed by atoms with Gasteiger partial charge >= 0.3 is 0 Å². The number of carbonyl (C=O) groups is 1. The van der Waals surface area contributed by atoms with Gasteiger partial charge in [0.15, 0.2) is 0 Å². The largest absolute Gasteiger partial charge is 0.457 e. The number of ether oxygens (including phenoxy) is 2. The van der Waals surface area contributed by atoms with Crippen molar-refractivity contribution in [1.82, 2.24) is 5.32 Å². The molecule has 0 saturated heterocycles. The molecule has 0 aromatic heterocycles. The minimum absolute atomic E-state index is 0. The summed E-state index contributed by atoms with van der Waals surface area (Å²) in [5.74, 6) is 1.41. The molecule has 0 aliphatic heterocycles. The van der Waals surface area contributed by atoms with Crippen LogP contribution in [0.3, 0.4) is 0 Å². The van der Waals surface area contributed by atoms with Crippen LogP contribution in [0.4, 0.5) is 0 Å². The van der Waals surface area contributed by atoms with Gasteiger partial charge in [0.25, 0.3) is 0 Å². The van der Waals surface area contributed by atoms with Crippen molar-refractivity contribution < 1.29 is 14.3 Å². The van der Waals surface area contributed by atoms with Crippen molar-refractivity contribution in [1.29, 1.82) is 0 Å². The summed E-state index contributed by atoms with van der Waals surface area (Å²) < 4.78 is 11.5. The number of nitrogens with one attached hydrogen (secondary N) is 1. The summed E-state index contributed by atoms with van der Waals surface area (Å²) in [4.78, 5) is 12.9. The third-order valence-electron chi connectivity index (χ3n) is 5.94. The number of hydrogen-bond donors (Lipinski definition) is 2. The molecule has 0 heterocycles. The first kappa shape index (κ1) is 23.2. The van der Waals surface area contributed by atoms with Crippen LogP contribution >= 0.6 is 12.4 Å². The van der Waals surface area contributed by atoms with Gasteiger partial charge in [-0.15, -0.1) is 12.4 Å². The van der Waals surface area contributed by atoms with Crippen molar-refractivity contribution in [2.75, 3.05) is 6.61 Å². The maximum absolute atomic E-state index is 12.9. The molecule has 0 radical (unpaired) electrons. The Morgan fingerprint density at radius 1 is 1.14 bits per heavy atom. The summed E-state index contributed by atoms with van der Waals surface area (Å²) in [7, 11) is 0. The quantitative estimate of drug-likeness (QED) is 0.688. The van der Waals surface area contributed by atoms with Gasteiger partial charge in [0.1, 0.15) is 17.0 Å². The van der Waals surface area contributed by atoms with E-state index in [1.165, 1.54) is 0 Å². The number of para-hydroxylation sites is 1. The Balaban J connectivity index is 0.00000300. The summed E-state index contributed by atoms with van der Waals surface area (Å²) >= 11 is 0. The molecule has 3 rings (SSSR count). The fourth-order valence-corrected chi connectivity index (χ4v) is 3.68. The van der Waals surface area contributed by atoms with Gasteiger partial charge in [0.05, 0.1) is 12.1 Å². The van der Waals surface area contributed by atoms with Crippen LogP contribution in [0.25, 0.3) is 0 Å². The average molecular weight is 419 g/mol. The summed E-state index contributed by atoms with van der Waals surface area (Å²) in [5.41, 5.74) is 6.14. The predicted octanol–water partition coefficient (Wildman–Crippen LogP) is 4.61. The highest BCUT2D eigenvalue weighted by molar-refractivity contribution is 5.89. The Morgan fingerprint density at radius 3 is 2.28 bits per heavy atom. The van der Waals surface area contributed by atoms with Crippen LogP contribution in [0.2, 0.25) is 0 Å². The lowest BCUT2D eigenvalue weighted by Gasteiger charge is -2.57. The van der Waals surface area contributed by atoms with Gasteiger partial charge in [-0.25, -0.2) is 0 Å². The number of carbonyl (C=O) groups excluding carboxylic acids is 1. The summed E-state index contributed by atoms with van der Waals surface area (Å²) in [6.07, 6.45) is 0.550. The molecule has 3 unspecified atom stereocenters. The topological polar surface area (TPSA) is 73.6 Å². The lowest BCUT2D eigenvalue weighted by molar-refractivity contribution is -0.171. The van der Waals surface area contributed by atoms with Crippen molar-refractivity contribution in [2.24, 2.45) is 11.1 Å². The molecule has 3 atom stereocenters. The number of nitrogens with two attached hydrogens (primary N) is 1. The van der Waals surface area contributed by atoms with E-state index in [0.717, 1.165) is 17.1 Å². The first-order valence-electron chi connectivity index (χ1n) is 9.82. The molecule has 3 N–H and O–H groups in total.